The quantitative estimate of drug-likeness (QED) is 0.577. The minimum absolute atomic E-state index is 0.154. The summed E-state index contributed by atoms with van der Waals surface area (Å²) in [4.78, 5) is 11.9. The number of alkyl halides is 1. The number of nitrogens with one attached hydrogen (secondary N) is 1. The summed E-state index contributed by atoms with van der Waals surface area (Å²) in [6.45, 7) is 6.03. The molecule has 1 rings (SSSR count). The van der Waals surface area contributed by atoms with Gasteiger partial charge in [0, 0.05) is 18.3 Å². The Hall–Kier alpha value is -0.280. The lowest BCUT2D eigenvalue weighted by Gasteiger charge is -2.25. The van der Waals surface area contributed by atoms with Gasteiger partial charge in [0.05, 0.1) is 13.2 Å². The third-order valence-electron chi connectivity index (χ3n) is 3.34. The first kappa shape index (κ1) is 13.8. The van der Waals surface area contributed by atoms with Crippen LogP contribution >= 0.6 is 11.6 Å². The van der Waals surface area contributed by atoms with Crippen molar-refractivity contribution in [3.63, 3.8) is 0 Å². The van der Waals surface area contributed by atoms with E-state index in [0.29, 0.717) is 25.6 Å². The van der Waals surface area contributed by atoms with Crippen molar-refractivity contribution < 1.29 is 9.53 Å². The van der Waals surface area contributed by atoms with Crippen LogP contribution < -0.4 is 5.32 Å². The molecule has 0 bridgehead atoms. The second-order valence-corrected chi connectivity index (χ2v) is 5.40. The SMILES string of the molecule is CC1(C)CCCC1C(=O)NCCOCCCl. The molecular weight excluding hydrogens is 226 g/mol. The van der Waals surface area contributed by atoms with E-state index in [4.69, 9.17) is 16.3 Å². The van der Waals surface area contributed by atoms with Gasteiger partial charge in [-0.15, -0.1) is 11.6 Å². The summed E-state index contributed by atoms with van der Waals surface area (Å²) in [5, 5.41) is 2.93. The van der Waals surface area contributed by atoms with Crippen LogP contribution in [0.3, 0.4) is 0 Å². The largest absolute Gasteiger partial charge is 0.378 e. The Bertz CT molecular complexity index is 231. The van der Waals surface area contributed by atoms with Gasteiger partial charge in [0.15, 0.2) is 0 Å². The van der Waals surface area contributed by atoms with Crippen molar-refractivity contribution in [2.45, 2.75) is 33.1 Å². The fraction of sp³-hybridized carbons (Fsp3) is 0.917. The minimum atomic E-state index is 0.154. The summed E-state index contributed by atoms with van der Waals surface area (Å²) in [5.74, 6) is 0.848. The fourth-order valence-electron chi connectivity index (χ4n) is 2.34. The first-order valence-corrected chi connectivity index (χ1v) is 6.53. The van der Waals surface area contributed by atoms with Crippen LogP contribution in [-0.2, 0) is 9.53 Å². The smallest absolute Gasteiger partial charge is 0.223 e. The van der Waals surface area contributed by atoms with Gasteiger partial charge in [-0.25, -0.2) is 0 Å². The highest BCUT2D eigenvalue weighted by Gasteiger charge is 2.38. The number of carbonyl (C=O) groups is 1. The van der Waals surface area contributed by atoms with Gasteiger partial charge in [-0.3, -0.25) is 4.79 Å². The van der Waals surface area contributed by atoms with E-state index < -0.39 is 0 Å². The van der Waals surface area contributed by atoms with E-state index >= 15 is 0 Å². The van der Waals surface area contributed by atoms with Gasteiger partial charge < -0.3 is 10.1 Å². The Balaban J connectivity index is 2.20. The molecule has 1 atom stereocenters. The summed E-state index contributed by atoms with van der Waals surface area (Å²) in [6, 6.07) is 0. The van der Waals surface area contributed by atoms with Crippen LogP contribution in [0.1, 0.15) is 33.1 Å². The molecule has 0 aliphatic heterocycles. The van der Waals surface area contributed by atoms with Crippen molar-refractivity contribution in [3.8, 4) is 0 Å². The lowest BCUT2D eigenvalue weighted by atomic mass is 9.81. The van der Waals surface area contributed by atoms with E-state index in [9.17, 15) is 4.79 Å². The van der Waals surface area contributed by atoms with E-state index in [1.54, 1.807) is 0 Å². The molecule has 0 heterocycles. The van der Waals surface area contributed by atoms with E-state index in [0.717, 1.165) is 19.3 Å². The maximum atomic E-state index is 11.9. The number of carbonyl (C=O) groups excluding carboxylic acids is 1. The summed E-state index contributed by atoms with van der Waals surface area (Å²) in [5.41, 5.74) is 0.154. The van der Waals surface area contributed by atoms with Gasteiger partial charge in [0.25, 0.3) is 0 Å². The van der Waals surface area contributed by atoms with Crippen LogP contribution in [0.2, 0.25) is 0 Å². The topological polar surface area (TPSA) is 38.3 Å². The molecule has 4 heteroatoms. The molecule has 94 valence electrons. The molecule has 0 aromatic heterocycles. The van der Waals surface area contributed by atoms with Crippen molar-refractivity contribution in [1.29, 1.82) is 0 Å². The molecule has 0 saturated heterocycles. The van der Waals surface area contributed by atoms with Crippen molar-refractivity contribution >= 4 is 17.5 Å². The molecule has 16 heavy (non-hydrogen) atoms. The maximum absolute atomic E-state index is 11.9. The van der Waals surface area contributed by atoms with Crippen LogP contribution in [0.4, 0.5) is 0 Å². The van der Waals surface area contributed by atoms with Crippen molar-refractivity contribution in [1.82, 2.24) is 5.32 Å². The zero-order valence-electron chi connectivity index (χ0n) is 10.2. The summed E-state index contributed by atoms with van der Waals surface area (Å²) >= 11 is 5.47. The third kappa shape index (κ3) is 3.95. The Morgan fingerprint density at radius 3 is 2.81 bits per heavy atom. The van der Waals surface area contributed by atoms with Crippen LogP contribution in [-0.4, -0.2) is 31.5 Å². The molecule has 1 N–H and O–H groups in total. The average Bonchev–Trinajstić information content (AvgIpc) is 2.57. The van der Waals surface area contributed by atoms with Crippen LogP contribution in [0.15, 0.2) is 0 Å². The van der Waals surface area contributed by atoms with Crippen molar-refractivity contribution in [2.75, 3.05) is 25.6 Å². The van der Waals surface area contributed by atoms with Gasteiger partial charge in [-0.1, -0.05) is 20.3 Å². The number of rotatable bonds is 6. The second-order valence-electron chi connectivity index (χ2n) is 5.03. The molecule has 0 aromatic carbocycles. The molecule has 0 spiro atoms. The predicted molar refractivity (Wildman–Crippen MR) is 65.7 cm³/mol. The zero-order valence-corrected chi connectivity index (χ0v) is 11.0. The highest BCUT2D eigenvalue weighted by Crippen LogP contribution is 2.42. The number of hydrogen-bond donors (Lipinski definition) is 1. The van der Waals surface area contributed by atoms with Crippen molar-refractivity contribution in [2.24, 2.45) is 11.3 Å². The van der Waals surface area contributed by atoms with Crippen LogP contribution in [0.25, 0.3) is 0 Å². The standard InChI is InChI=1S/C12H22ClNO2/c1-12(2)5-3-4-10(12)11(15)14-7-9-16-8-6-13/h10H,3-9H2,1-2H3,(H,14,15). The minimum Gasteiger partial charge on any atom is -0.378 e. The summed E-state index contributed by atoms with van der Waals surface area (Å²) < 4.78 is 5.20. The third-order valence-corrected chi connectivity index (χ3v) is 3.50. The summed E-state index contributed by atoms with van der Waals surface area (Å²) in [6.07, 6.45) is 3.32. The Morgan fingerprint density at radius 1 is 1.50 bits per heavy atom. The summed E-state index contributed by atoms with van der Waals surface area (Å²) in [7, 11) is 0. The van der Waals surface area contributed by atoms with Gasteiger partial charge in [-0.2, -0.15) is 0 Å². The molecule has 1 fully saturated rings. The molecule has 1 aliphatic carbocycles. The molecule has 1 amide bonds. The Kier molecular flexibility index (Phi) is 5.56. The molecular formula is C12H22ClNO2. The average molecular weight is 248 g/mol. The number of amides is 1. The van der Waals surface area contributed by atoms with Crippen molar-refractivity contribution in [3.05, 3.63) is 0 Å². The highest BCUT2D eigenvalue weighted by atomic mass is 35.5. The lowest BCUT2D eigenvalue weighted by Crippen LogP contribution is -2.37. The van der Waals surface area contributed by atoms with Gasteiger partial charge in [0.2, 0.25) is 5.91 Å². The maximum Gasteiger partial charge on any atom is 0.223 e. The van der Waals surface area contributed by atoms with Crippen LogP contribution in [0.5, 0.6) is 0 Å². The first-order valence-electron chi connectivity index (χ1n) is 5.99. The predicted octanol–water partition coefficient (Wildman–Crippen LogP) is 2.18. The molecule has 3 nitrogen and oxygen atoms in total. The first-order chi connectivity index (χ1) is 7.58. The zero-order chi connectivity index (χ0) is 12.0. The monoisotopic (exact) mass is 247 g/mol. The van der Waals surface area contributed by atoms with E-state index in [2.05, 4.69) is 19.2 Å². The molecule has 0 radical (unpaired) electrons. The highest BCUT2D eigenvalue weighted by molar-refractivity contribution is 6.17. The van der Waals surface area contributed by atoms with E-state index in [1.165, 1.54) is 0 Å². The van der Waals surface area contributed by atoms with Gasteiger partial charge in [-0.05, 0) is 18.3 Å². The molecule has 1 unspecified atom stereocenters. The number of halogens is 1. The Morgan fingerprint density at radius 2 is 2.25 bits per heavy atom. The lowest BCUT2D eigenvalue weighted by molar-refractivity contribution is -0.127. The van der Waals surface area contributed by atoms with E-state index in [-0.39, 0.29) is 17.2 Å². The number of hydrogen-bond acceptors (Lipinski definition) is 2. The molecule has 1 saturated carbocycles. The van der Waals surface area contributed by atoms with Crippen LogP contribution in [0, 0.1) is 11.3 Å². The number of ether oxygens (including phenoxy) is 1. The fourth-order valence-corrected chi connectivity index (χ4v) is 2.45. The van der Waals surface area contributed by atoms with Gasteiger partial charge in [0.1, 0.15) is 0 Å². The second kappa shape index (κ2) is 6.45. The molecule has 1 aliphatic rings. The normalized spacial score (nSPS) is 23.3. The Labute approximate surface area is 103 Å². The van der Waals surface area contributed by atoms with Gasteiger partial charge >= 0.3 is 0 Å². The molecule has 0 aromatic rings. The van der Waals surface area contributed by atoms with E-state index in [1.807, 2.05) is 0 Å².